The fourth-order valence-electron chi connectivity index (χ4n) is 4.29. The number of carbonyl (C=O) groups excluding carboxylic acids is 3. The summed E-state index contributed by atoms with van der Waals surface area (Å²) in [7, 11) is 1.32. The van der Waals surface area contributed by atoms with Crippen molar-refractivity contribution in [1.82, 2.24) is 9.88 Å². The Hall–Kier alpha value is -3.30. The quantitative estimate of drug-likeness (QED) is 0.485. The van der Waals surface area contributed by atoms with Gasteiger partial charge in [-0.2, -0.15) is 0 Å². The number of amides is 1. The number of anilines is 1. The average Bonchev–Trinajstić information content (AvgIpc) is 3.21. The van der Waals surface area contributed by atoms with Gasteiger partial charge in [-0.1, -0.05) is 18.2 Å². The number of aromatic nitrogens is 1. The van der Waals surface area contributed by atoms with Crippen LogP contribution in [0.4, 0.5) is 5.69 Å². The first-order valence-corrected chi connectivity index (χ1v) is 12.5. The minimum absolute atomic E-state index is 0.0408. The number of fused-ring (bicyclic) bond motifs is 1. The van der Waals surface area contributed by atoms with Crippen LogP contribution in [0.5, 0.6) is 0 Å². The lowest BCUT2D eigenvalue weighted by atomic mass is 9.97. The van der Waals surface area contributed by atoms with Gasteiger partial charge >= 0.3 is 11.9 Å². The van der Waals surface area contributed by atoms with Gasteiger partial charge in [-0.15, -0.1) is 11.3 Å². The van der Waals surface area contributed by atoms with Crippen LogP contribution in [0.1, 0.15) is 51.1 Å². The van der Waals surface area contributed by atoms with Gasteiger partial charge in [0.15, 0.2) is 0 Å². The Bertz CT molecular complexity index is 1250. The summed E-state index contributed by atoms with van der Waals surface area (Å²) in [6, 6.07) is 11.1. The van der Waals surface area contributed by atoms with Gasteiger partial charge in [0.1, 0.15) is 9.71 Å². The molecule has 1 saturated heterocycles. The molecule has 0 spiro atoms. The lowest BCUT2D eigenvalue weighted by molar-refractivity contribution is -0.149. The van der Waals surface area contributed by atoms with Crippen LogP contribution in [0.25, 0.3) is 10.2 Å². The zero-order chi connectivity index (χ0) is 24.9. The molecule has 9 heteroatoms. The lowest BCUT2D eigenvalue weighted by Gasteiger charge is -2.30. The molecule has 1 amide bonds. The fourth-order valence-corrected chi connectivity index (χ4v) is 5.36. The summed E-state index contributed by atoms with van der Waals surface area (Å²) in [5, 5.41) is 3.61. The number of carbonyl (C=O) groups is 3. The van der Waals surface area contributed by atoms with Crippen LogP contribution in [-0.4, -0.2) is 54.5 Å². The summed E-state index contributed by atoms with van der Waals surface area (Å²) < 4.78 is 10.1. The highest BCUT2D eigenvalue weighted by Gasteiger charge is 2.27. The molecule has 2 aromatic heterocycles. The summed E-state index contributed by atoms with van der Waals surface area (Å²) in [4.78, 5) is 45.4. The SMILES string of the molecule is CCOC(=O)C1CCN(Cc2ccc3c(NC(=O)c4ccccc4C)c(C(=O)OC)sc3n2)CC1. The standard InChI is InChI=1S/C26H29N3O5S/c1-4-34-25(31)17-11-13-29(14-12-17)15-18-9-10-20-21(22(26(32)33-3)35-24(20)27-18)28-23(30)19-8-6-5-7-16(19)2/h5-10,17H,4,11-15H2,1-3H3,(H,28,30). The summed E-state index contributed by atoms with van der Waals surface area (Å²) in [6.45, 7) is 6.32. The lowest BCUT2D eigenvalue weighted by Crippen LogP contribution is -2.36. The van der Waals surface area contributed by atoms with E-state index in [0.717, 1.165) is 37.2 Å². The first-order valence-electron chi connectivity index (χ1n) is 11.7. The minimum atomic E-state index is -0.518. The number of nitrogens with zero attached hydrogens (tertiary/aromatic N) is 2. The maximum Gasteiger partial charge on any atom is 0.350 e. The summed E-state index contributed by atoms with van der Waals surface area (Å²) in [5.74, 6) is -0.959. The van der Waals surface area contributed by atoms with Crippen LogP contribution in [0.2, 0.25) is 0 Å². The number of ether oxygens (including phenoxy) is 2. The van der Waals surface area contributed by atoms with Gasteiger partial charge in [-0.3, -0.25) is 14.5 Å². The number of esters is 2. The molecule has 0 radical (unpaired) electrons. The van der Waals surface area contributed by atoms with Gasteiger partial charge in [0.05, 0.1) is 31.0 Å². The highest BCUT2D eigenvalue weighted by Crippen LogP contribution is 2.36. The van der Waals surface area contributed by atoms with Crippen molar-refractivity contribution in [3.63, 3.8) is 0 Å². The second-order valence-electron chi connectivity index (χ2n) is 8.52. The van der Waals surface area contributed by atoms with Crippen LogP contribution >= 0.6 is 11.3 Å². The molecule has 1 aromatic carbocycles. The van der Waals surface area contributed by atoms with E-state index < -0.39 is 5.97 Å². The Labute approximate surface area is 208 Å². The summed E-state index contributed by atoms with van der Waals surface area (Å²) >= 11 is 1.20. The molecule has 35 heavy (non-hydrogen) atoms. The second-order valence-corrected chi connectivity index (χ2v) is 9.52. The number of thiophene rings is 1. The van der Waals surface area contributed by atoms with Gasteiger partial charge in [0, 0.05) is 17.5 Å². The molecule has 0 saturated carbocycles. The van der Waals surface area contributed by atoms with Crippen molar-refractivity contribution >= 4 is 45.1 Å². The van der Waals surface area contributed by atoms with Gasteiger partial charge in [-0.25, -0.2) is 9.78 Å². The number of benzene rings is 1. The Morgan fingerprint density at radius 2 is 1.89 bits per heavy atom. The van der Waals surface area contributed by atoms with Crippen LogP contribution < -0.4 is 5.32 Å². The topological polar surface area (TPSA) is 97.8 Å². The Morgan fingerprint density at radius 3 is 2.57 bits per heavy atom. The Balaban J connectivity index is 1.54. The predicted molar refractivity (Wildman–Crippen MR) is 135 cm³/mol. The molecule has 8 nitrogen and oxygen atoms in total. The third kappa shape index (κ3) is 5.52. The number of rotatable bonds is 7. The molecule has 0 atom stereocenters. The number of aryl methyl sites for hydroxylation is 1. The molecule has 1 N–H and O–H groups in total. The van der Waals surface area contributed by atoms with E-state index in [4.69, 9.17) is 14.5 Å². The number of likely N-dealkylation sites (tertiary alicyclic amines) is 1. The third-order valence-corrected chi connectivity index (χ3v) is 7.28. The molecule has 1 fully saturated rings. The summed E-state index contributed by atoms with van der Waals surface area (Å²) in [6.07, 6.45) is 1.53. The van der Waals surface area contributed by atoms with E-state index in [2.05, 4.69) is 10.2 Å². The van der Waals surface area contributed by atoms with Crippen LogP contribution in [0, 0.1) is 12.8 Å². The predicted octanol–water partition coefficient (Wildman–Crippen LogP) is 4.42. The van der Waals surface area contributed by atoms with Gasteiger partial charge in [0.25, 0.3) is 5.91 Å². The summed E-state index contributed by atoms with van der Waals surface area (Å²) in [5.41, 5.74) is 2.66. The number of methoxy groups -OCH3 is 1. The van der Waals surface area contributed by atoms with E-state index in [-0.39, 0.29) is 17.8 Å². The molecular formula is C26H29N3O5S. The van der Waals surface area contributed by atoms with Crippen molar-refractivity contribution in [2.75, 3.05) is 32.1 Å². The van der Waals surface area contributed by atoms with Crippen LogP contribution in [0.3, 0.4) is 0 Å². The smallest absolute Gasteiger partial charge is 0.350 e. The van der Waals surface area contributed by atoms with E-state index in [0.29, 0.717) is 39.5 Å². The molecular weight excluding hydrogens is 466 g/mol. The largest absolute Gasteiger partial charge is 0.466 e. The van der Waals surface area contributed by atoms with E-state index >= 15 is 0 Å². The number of hydrogen-bond acceptors (Lipinski definition) is 8. The van der Waals surface area contributed by atoms with Gasteiger partial charge < -0.3 is 14.8 Å². The van der Waals surface area contributed by atoms with Crippen LogP contribution in [-0.2, 0) is 20.8 Å². The first-order chi connectivity index (χ1) is 16.9. The van der Waals surface area contributed by atoms with E-state index in [1.54, 1.807) is 12.1 Å². The zero-order valence-electron chi connectivity index (χ0n) is 20.1. The van der Waals surface area contributed by atoms with Crippen molar-refractivity contribution in [3.8, 4) is 0 Å². The second kappa shape index (κ2) is 11.0. The van der Waals surface area contributed by atoms with Crippen molar-refractivity contribution in [2.24, 2.45) is 5.92 Å². The molecule has 1 aliphatic heterocycles. The van der Waals surface area contributed by atoms with Gasteiger partial charge in [-0.05, 0) is 63.5 Å². The average molecular weight is 496 g/mol. The Kier molecular flexibility index (Phi) is 7.77. The highest BCUT2D eigenvalue weighted by atomic mass is 32.1. The maximum absolute atomic E-state index is 13.0. The molecule has 1 aliphatic rings. The minimum Gasteiger partial charge on any atom is -0.466 e. The van der Waals surface area contributed by atoms with Crippen LogP contribution in [0.15, 0.2) is 36.4 Å². The van der Waals surface area contributed by atoms with Crippen molar-refractivity contribution in [3.05, 3.63) is 58.1 Å². The zero-order valence-corrected chi connectivity index (χ0v) is 20.9. The molecule has 3 aromatic rings. The van der Waals surface area contributed by atoms with E-state index in [1.165, 1.54) is 18.4 Å². The Morgan fingerprint density at radius 1 is 1.14 bits per heavy atom. The monoisotopic (exact) mass is 495 g/mol. The normalized spacial score (nSPS) is 14.6. The molecule has 0 aliphatic carbocycles. The van der Waals surface area contributed by atoms with Crippen molar-refractivity contribution in [1.29, 1.82) is 0 Å². The van der Waals surface area contributed by atoms with E-state index in [1.807, 2.05) is 38.1 Å². The number of pyridine rings is 1. The number of piperidine rings is 1. The van der Waals surface area contributed by atoms with Crippen molar-refractivity contribution < 1.29 is 23.9 Å². The van der Waals surface area contributed by atoms with E-state index in [9.17, 15) is 14.4 Å². The maximum atomic E-state index is 13.0. The number of nitrogens with one attached hydrogen (secondary N) is 1. The molecule has 3 heterocycles. The molecule has 0 bridgehead atoms. The highest BCUT2D eigenvalue weighted by molar-refractivity contribution is 7.21. The third-order valence-electron chi connectivity index (χ3n) is 6.21. The van der Waals surface area contributed by atoms with Gasteiger partial charge in [0.2, 0.25) is 0 Å². The van der Waals surface area contributed by atoms with Crippen molar-refractivity contribution in [2.45, 2.75) is 33.2 Å². The molecule has 0 unspecified atom stereocenters. The fraction of sp³-hybridized carbons (Fsp3) is 0.385. The molecule has 4 rings (SSSR count). The number of hydrogen-bond donors (Lipinski definition) is 1. The first kappa shape index (κ1) is 24.8. The molecule has 184 valence electrons.